The third-order valence-corrected chi connectivity index (χ3v) is 5.41. The van der Waals surface area contributed by atoms with Crippen molar-refractivity contribution in [2.45, 2.75) is 18.4 Å². The summed E-state index contributed by atoms with van der Waals surface area (Å²) in [6.07, 6.45) is 0. The van der Waals surface area contributed by atoms with E-state index >= 15 is 0 Å². The van der Waals surface area contributed by atoms with Gasteiger partial charge in [-0.3, -0.25) is 10.1 Å². The molecule has 2 rings (SSSR count). The predicted molar refractivity (Wildman–Crippen MR) is 82.8 cm³/mol. The van der Waals surface area contributed by atoms with Gasteiger partial charge in [0.25, 0.3) is 5.69 Å². The summed E-state index contributed by atoms with van der Waals surface area (Å²) in [5.41, 5.74) is 0.251. The molecule has 0 saturated carbocycles. The van der Waals surface area contributed by atoms with Crippen molar-refractivity contribution in [1.82, 2.24) is 4.31 Å². The molecule has 24 heavy (non-hydrogen) atoms. The number of aryl methyl sites for hydroxylation is 1. The van der Waals surface area contributed by atoms with Crippen molar-refractivity contribution >= 4 is 15.7 Å². The zero-order chi connectivity index (χ0) is 18.1. The van der Waals surface area contributed by atoms with Gasteiger partial charge in [0.1, 0.15) is 0 Å². The molecule has 0 bridgehead atoms. The van der Waals surface area contributed by atoms with E-state index in [0.29, 0.717) is 5.56 Å². The smallest absolute Gasteiger partial charge is 0.258 e. The SMILES string of the molecule is Cc1ccc([N+](=O)[O-])cc1S(=O)(=O)N(C)Cc1ccc(F)c(F)c1. The standard InChI is InChI=1S/C15H14F2N2O4S/c1-10-3-5-12(19(20)21)8-15(10)24(22,23)18(2)9-11-4-6-13(16)14(17)7-11/h3-8H,9H2,1-2H3. The van der Waals surface area contributed by atoms with Crippen LogP contribution in [-0.2, 0) is 16.6 Å². The molecule has 0 unspecified atom stereocenters. The molecule has 0 heterocycles. The molecule has 0 saturated heterocycles. The van der Waals surface area contributed by atoms with E-state index in [2.05, 4.69) is 0 Å². The molecule has 0 radical (unpaired) electrons. The van der Waals surface area contributed by atoms with Crippen molar-refractivity contribution in [3.8, 4) is 0 Å². The summed E-state index contributed by atoms with van der Waals surface area (Å²) in [4.78, 5) is 9.95. The Morgan fingerprint density at radius 3 is 2.38 bits per heavy atom. The largest absolute Gasteiger partial charge is 0.270 e. The second-order valence-corrected chi connectivity index (χ2v) is 7.23. The molecule has 0 N–H and O–H groups in total. The maximum absolute atomic E-state index is 13.2. The van der Waals surface area contributed by atoms with E-state index in [4.69, 9.17) is 0 Å². The summed E-state index contributed by atoms with van der Waals surface area (Å²) < 4.78 is 52.3. The van der Waals surface area contributed by atoms with E-state index in [1.54, 1.807) is 0 Å². The van der Waals surface area contributed by atoms with Gasteiger partial charge < -0.3 is 0 Å². The van der Waals surface area contributed by atoms with Gasteiger partial charge in [0.15, 0.2) is 11.6 Å². The Bertz CT molecular complexity index is 900. The number of halogens is 2. The van der Waals surface area contributed by atoms with Gasteiger partial charge in [-0.2, -0.15) is 4.31 Å². The summed E-state index contributed by atoms with van der Waals surface area (Å²) >= 11 is 0. The number of nitrogens with zero attached hydrogens (tertiary/aromatic N) is 2. The Hall–Kier alpha value is -2.39. The second-order valence-electron chi connectivity index (χ2n) is 5.22. The fraction of sp³-hybridized carbons (Fsp3) is 0.200. The molecule has 0 aliphatic carbocycles. The molecule has 0 aromatic heterocycles. The van der Waals surface area contributed by atoms with Crippen molar-refractivity contribution in [3.05, 3.63) is 69.3 Å². The van der Waals surface area contributed by atoms with Gasteiger partial charge in [-0.25, -0.2) is 17.2 Å². The first kappa shape index (κ1) is 18.0. The molecular weight excluding hydrogens is 342 g/mol. The van der Waals surface area contributed by atoms with Crippen LogP contribution < -0.4 is 0 Å². The maximum Gasteiger partial charge on any atom is 0.270 e. The summed E-state index contributed by atoms with van der Waals surface area (Å²) in [7, 11) is -2.78. The van der Waals surface area contributed by atoms with Crippen LogP contribution in [0.1, 0.15) is 11.1 Å². The predicted octanol–water partition coefficient (Wildman–Crippen LogP) is 3.00. The van der Waals surface area contributed by atoms with E-state index in [1.165, 1.54) is 32.2 Å². The van der Waals surface area contributed by atoms with Gasteiger partial charge in [-0.1, -0.05) is 12.1 Å². The Morgan fingerprint density at radius 1 is 1.12 bits per heavy atom. The summed E-state index contributed by atoms with van der Waals surface area (Å²) in [6.45, 7) is 1.31. The lowest BCUT2D eigenvalue weighted by Gasteiger charge is -2.18. The Morgan fingerprint density at radius 2 is 1.79 bits per heavy atom. The molecular formula is C15H14F2N2O4S. The van der Waals surface area contributed by atoms with Crippen LogP contribution in [0, 0.1) is 28.7 Å². The summed E-state index contributed by atoms with van der Waals surface area (Å²) in [6, 6.07) is 6.61. The average Bonchev–Trinajstić information content (AvgIpc) is 2.50. The monoisotopic (exact) mass is 356 g/mol. The third-order valence-electron chi connectivity index (χ3n) is 3.46. The number of rotatable bonds is 5. The van der Waals surface area contributed by atoms with Crippen molar-refractivity contribution < 1.29 is 22.1 Å². The number of nitro groups is 1. The molecule has 0 aliphatic rings. The number of hydrogen-bond donors (Lipinski definition) is 0. The first-order valence-electron chi connectivity index (χ1n) is 6.78. The lowest BCUT2D eigenvalue weighted by molar-refractivity contribution is -0.385. The van der Waals surface area contributed by atoms with E-state index in [0.717, 1.165) is 22.5 Å². The van der Waals surface area contributed by atoms with E-state index in [9.17, 15) is 27.3 Å². The second kappa shape index (κ2) is 6.62. The number of non-ortho nitro benzene ring substituents is 1. The van der Waals surface area contributed by atoms with Crippen LogP contribution in [0.3, 0.4) is 0 Å². The topological polar surface area (TPSA) is 80.5 Å². The normalized spacial score (nSPS) is 11.7. The van der Waals surface area contributed by atoms with Crippen molar-refractivity contribution in [1.29, 1.82) is 0 Å². The molecule has 2 aromatic rings. The molecule has 0 amide bonds. The van der Waals surface area contributed by atoms with Crippen LogP contribution in [0.4, 0.5) is 14.5 Å². The first-order chi connectivity index (χ1) is 11.1. The fourth-order valence-corrected chi connectivity index (χ4v) is 3.53. The number of nitro benzene ring substituents is 1. The van der Waals surface area contributed by atoms with E-state index < -0.39 is 26.6 Å². The Labute approximate surface area is 137 Å². The minimum absolute atomic E-state index is 0.207. The highest BCUT2D eigenvalue weighted by Crippen LogP contribution is 2.25. The van der Waals surface area contributed by atoms with Gasteiger partial charge >= 0.3 is 0 Å². The van der Waals surface area contributed by atoms with Crippen molar-refractivity contribution in [2.24, 2.45) is 0 Å². The van der Waals surface area contributed by atoms with Crippen molar-refractivity contribution in [2.75, 3.05) is 7.05 Å². The first-order valence-corrected chi connectivity index (χ1v) is 8.22. The van der Waals surface area contributed by atoms with Gasteiger partial charge in [0.05, 0.1) is 9.82 Å². The lowest BCUT2D eigenvalue weighted by Crippen LogP contribution is -2.27. The van der Waals surface area contributed by atoms with Crippen LogP contribution in [0.15, 0.2) is 41.3 Å². The van der Waals surface area contributed by atoms with Crippen LogP contribution in [0.2, 0.25) is 0 Å². The van der Waals surface area contributed by atoms with Crippen LogP contribution >= 0.6 is 0 Å². The average molecular weight is 356 g/mol. The van der Waals surface area contributed by atoms with E-state index in [-0.39, 0.29) is 22.7 Å². The zero-order valence-electron chi connectivity index (χ0n) is 12.9. The zero-order valence-corrected chi connectivity index (χ0v) is 13.7. The molecule has 0 spiro atoms. The molecule has 128 valence electrons. The summed E-state index contributed by atoms with van der Waals surface area (Å²) in [5.74, 6) is -2.11. The van der Waals surface area contributed by atoms with E-state index in [1.807, 2.05) is 0 Å². The molecule has 9 heteroatoms. The number of hydrogen-bond acceptors (Lipinski definition) is 4. The summed E-state index contributed by atoms with van der Waals surface area (Å²) in [5, 5.41) is 10.8. The minimum Gasteiger partial charge on any atom is -0.258 e. The van der Waals surface area contributed by atoms with Crippen molar-refractivity contribution in [3.63, 3.8) is 0 Å². The molecule has 0 aliphatic heterocycles. The maximum atomic E-state index is 13.2. The molecule has 0 atom stereocenters. The molecule has 0 fully saturated rings. The van der Waals surface area contributed by atoms with Gasteiger partial charge in [0, 0.05) is 25.7 Å². The fourth-order valence-electron chi connectivity index (χ4n) is 2.13. The third kappa shape index (κ3) is 3.57. The number of benzene rings is 2. The van der Waals surface area contributed by atoms with Gasteiger partial charge in [0.2, 0.25) is 10.0 Å². The van der Waals surface area contributed by atoms with Crippen LogP contribution in [0.5, 0.6) is 0 Å². The quantitative estimate of drug-likeness (QED) is 0.609. The van der Waals surface area contributed by atoms with Gasteiger partial charge in [-0.05, 0) is 30.2 Å². The molecule has 6 nitrogen and oxygen atoms in total. The van der Waals surface area contributed by atoms with Gasteiger partial charge in [-0.15, -0.1) is 0 Å². The highest BCUT2D eigenvalue weighted by Gasteiger charge is 2.25. The Kier molecular flexibility index (Phi) is 4.95. The number of sulfonamides is 1. The van der Waals surface area contributed by atoms with Crippen LogP contribution in [-0.4, -0.2) is 24.7 Å². The minimum atomic E-state index is -4.03. The lowest BCUT2D eigenvalue weighted by atomic mass is 10.2. The Balaban J connectivity index is 2.37. The molecule has 2 aromatic carbocycles. The highest BCUT2D eigenvalue weighted by molar-refractivity contribution is 7.89. The highest BCUT2D eigenvalue weighted by atomic mass is 32.2. The van der Waals surface area contributed by atoms with Crippen LogP contribution in [0.25, 0.3) is 0 Å².